The summed E-state index contributed by atoms with van der Waals surface area (Å²) >= 11 is 0. The molecule has 0 aliphatic heterocycles. The summed E-state index contributed by atoms with van der Waals surface area (Å²) in [5.74, 6) is -1.74. The van der Waals surface area contributed by atoms with Crippen LogP contribution in [0.15, 0.2) is 91.0 Å². The zero-order chi connectivity index (χ0) is 24.4. The molecule has 2 amide bonds. The van der Waals surface area contributed by atoms with E-state index in [-0.39, 0.29) is 19.6 Å². The maximum Gasteiger partial charge on any atom is 0.325 e. The maximum atomic E-state index is 13.2. The first-order chi connectivity index (χ1) is 16.5. The molecule has 0 aromatic heterocycles. The van der Waals surface area contributed by atoms with Crippen LogP contribution in [0.3, 0.4) is 0 Å². The van der Waals surface area contributed by atoms with Crippen LogP contribution in [-0.2, 0) is 24.7 Å². The molecule has 0 aliphatic rings. The highest BCUT2D eigenvalue weighted by molar-refractivity contribution is 5.90. The quantitative estimate of drug-likeness (QED) is 0.301. The van der Waals surface area contributed by atoms with E-state index in [1.54, 1.807) is 6.92 Å². The fourth-order valence-corrected chi connectivity index (χ4v) is 3.98. The van der Waals surface area contributed by atoms with Crippen molar-refractivity contribution in [1.29, 1.82) is 0 Å². The predicted octanol–water partition coefficient (Wildman–Crippen LogP) is 2.49. The lowest BCUT2D eigenvalue weighted by Gasteiger charge is -2.39. The number of nitrogens with one attached hydrogen (secondary N) is 2. The van der Waals surface area contributed by atoms with Crippen LogP contribution in [0.1, 0.15) is 30.0 Å². The van der Waals surface area contributed by atoms with Gasteiger partial charge in [0, 0.05) is 0 Å². The Morgan fingerprint density at radius 2 is 1.26 bits per heavy atom. The molecular formula is C27H29N3O4. The van der Waals surface area contributed by atoms with Crippen molar-refractivity contribution in [2.75, 3.05) is 13.2 Å². The summed E-state index contributed by atoms with van der Waals surface area (Å²) in [6.07, 6.45) is -0.261. The minimum atomic E-state index is -1.02. The van der Waals surface area contributed by atoms with E-state index in [1.165, 1.54) is 0 Å². The molecule has 0 fully saturated rings. The van der Waals surface area contributed by atoms with Crippen LogP contribution in [0, 0.1) is 0 Å². The average molecular weight is 460 g/mol. The van der Waals surface area contributed by atoms with Gasteiger partial charge in [0.2, 0.25) is 11.8 Å². The first-order valence-electron chi connectivity index (χ1n) is 11.1. The first kappa shape index (κ1) is 24.7. The van der Waals surface area contributed by atoms with E-state index in [0.29, 0.717) is 0 Å². The van der Waals surface area contributed by atoms with E-state index in [9.17, 15) is 14.4 Å². The average Bonchev–Trinajstić information content (AvgIpc) is 2.86. The smallest absolute Gasteiger partial charge is 0.325 e. The number of ether oxygens (including phenoxy) is 1. The van der Waals surface area contributed by atoms with Gasteiger partial charge >= 0.3 is 5.97 Å². The Labute approximate surface area is 199 Å². The van der Waals surface area contributed by atoms with Gasteiger partial charge in [-0.1, -0.05) is 91.0 Å². The van der Waals surface area contributed by atoms with Gasteiger partial charge in [0.1, 0.15) is 6.54 Å². The number of carbonyl (C=O) groups is 3. The lowest BCUT2D eigenvalue weighted by molar-refractivity contribution is -0.143. The van der Waals surface area contributed by atoms with Crippen molar-refractivity contribution in [3.05, 3.63) is 108 Å². The summed E-state index contributed by atoms with van der Waals surface area (Å²) < 4.78 is 4.90. The lowest BCUT2D eigenvalue weighted by Crippen LogP contribution is -2.56. The Kier molecular flexibility index (Phi) is 8.54. The summed E-state index contributed by atoms with van der Waals surface area (Å²) in [6, 6.07) is 28.0. The number of esters is 1. The molecule has 0 aliphatic carbocycles. The molecule has 0 heterocycles. The first-order valence-corrected chi connectivity index (χ1v) is 11.1. The molecule has 0 unspecified atom stereocenters. The van der Waals surface area contributed by atoms with E-state index < -0.39 is 29.4 Å². The van der Waals surface area contributed by atoms with Gasteiger partial charge in [-0.05, 0) is 23.6 Å². The van der Waals surface area contributed by atoms with Crippen molar-refractivity contribution < 1.29 is 19.1 Å². The topological polar surface area (TPSA) is 111 Å². The van der Waals surface area contributed by atoms with E-state index in [2.05, 4.69) is 10.6 Å². The summed E-state index contributed by atoms with van der Waals surface area (Å²) in [4.78, 5) is 36.9. The number of hydrogen-bond acceptors (Lipinski definition) is 5. The predicted molar refractivity (Wildman–Crippen MR) is 130 cm³/mol. The van der Waals surface area contributed by atoms with Crippen molar-refractivity contribution >= 4 is 17.8 Å². The highest BCUT2D eigenvalue weighted by Gasteiger charge is 2.40. The number of carbonyl (C=O) groups excluding carboxylic acids is 3. The van der Waals surface area contributed by atoms with Crippen molar-refractivity contribution in [3.63, 3.8) is 0 Å². The van der Waals surface area contributed by atoms with Crippen molar-refractivity contribution in [2.45, 2.75) is 24.9 Å². The monoisotopic (exact) mass is 459 g/mol. The summed E-state index contributed by atoms with van der Waals surface area (Å²) in [6.45, 7) is 1.58. The zero-order valence-corrected chi connectivity index (χ0v) is 19.1. The fraction of sp³-hybridized carbons (Fsp3) is 0.222. The summed E-state index contributed by atoms with van der Waals surface area (Å²) in [7, 11) is 0. The van der Waals surface area contributed by atoms with Gasteiger partial charge in [0.25, 0.3) is 0 Å². The molecule has 176 valence electrons. The Morgan fingerprint density at radius 3 is 1.65 bits per heavy atom. The summed E-state index contributed by atoms with van der Waals surface area (Å²) in [5.41, 5.74) is 7.16. The standard InChI is InChI=1S/C27H29N3O4/c1-2-34-25(32)19-29-26(33)23(18-24(28)31)30-27(20-12-6-3-7-13-20,21-14-8-4-9-15-21)22-16-10-5-11-17-22/h3-17,23,30H,2,18-19H2,1H3,(H2,28,31)(H,29,33)/t23-/m0/s1. The molecule has 3 rings (SSSR count). The van der Waals surface area contributed by atoms with Gasteiger partial charge < -0.3 is 15.8 Å². The van der Waals surface area contributed by atoms with E-state index in [1.807, 2.05) is 91.0 Å². The van der Waals surface area contributed by atoms with Crippen LogP contribution in [0.25, 0.3) is 0 Å². The second-order valence-corrected chi connectivity index (χ2v) is 7.74. The van der Waals surface area contributed by atoms with Crippen molar-refractivity contribution in [3.8, 4) is 0 Å². The summed E-state index contributed by atoms with van der Waals surface area (Å²) in [5, 5.41) is 6.00. The van der Waals surface area contributed by atoms with Gasteiger partial charge in [-0.2, -0.15) is 0 Å². The second-order valence-electron chi connectivity index (χ2n) is 7.74. The Bertz CT molecular complexity index is 992. The molecule has 0 saturated heterocycles. The highest BCUT2D eigenvalue weighted by Crippen LogP contribution is 2.37. The lowest BCUT2D eigenvalue weighted by atomic mass is 9.76. The third-order valence-electron chi connectivity index (χ3n) is 5.45. The fourth-order valence-electron chi connectivity index (χ4n) is 3.98. The third kappa shape index (κ3) is 5.88. The van der Waals surface area contributed by atoms with Crippen molar-refractivity contribution in [1.82, 2.24) is 10.6 Å². The number of benzene rings is 3. The highest BCUT2D eigenvalue weighted by atomic mass is 16.5. The van der Waals surface area contributed by atoms with E-state index >= 15 is 0 Å². The molecule has 3 aromatic carbocycles. The van der Waals surface area contributed by atoms with Gasteiger partial charge in [0.15, 0.2) is 0 Å². The van der Waals surface area contributed by atoms with Gasteiger partial charge in [-0.15, -0.1) is 0 Å². The minimum absolute atomic E-state index is 0.205. The molecule has 7 nitrogen and oxygen atoms in total. The number of primary amides is 1. The molecule has 34 heavy (non-hydrogen) atoms. The molecule has 1 atom stereocenters. The zero-order valence-electron chi connectivity index (χ0n) is 19.1. The van der Waals surface area contributed by atoms with Crippen LogP contribution in [-0.4, -0.2) is 37.0 Å². The molecule has 0 bridgehead atoms. The van der Waals surface area contributed by atoms with Crippen LogP contribution in [0.2, 0.25) is 0 Å². The second kappa shape index (κ2) is 11.8. The number of rotatable bonds is 11. The normalized spacial score (nSPS) is 11.9. The van der Waals surface area contributed by atoms with Gasteiger partial charge in [0.05, 0.1) is 24.6 Å². The molecule has 0 radical (unpaired) electrons. The largest absolute Gasteiger partial charge is 0.465 e. The van der Waals surface area contributed by atoms with Crippen LogP contribution in [0.5, 0.6) is 0 Å². The molecule has 7 heteroatoms. The van der Waals surface area contributed by atoms with Gasteiger partial charge in [-0.3, -0.25) is 19.7 Å². The number of amides is 2. The third-order valence-corrected chi connectivity index (χ3v) is 5.45. The van der Waals surface area contributed by atoms with Crippen molar-refractivity contribution in [2.24, 2.45) is 5.73 Å². The molecule has 3 aromatic rings. The van der Waals surface area contributed by atoms with E-state index in [0.717, 1.165) is 16.7 Å². The van der Waals surface area contributed by atoms with Crippen LogP contribution >= 0.6 is 0 Å². The molecular weight excluding hydrogens is 430 g/mol. The molecule has 0 saturated carbocycles. The minimum Gasteiger partial charge on any atom is -0.465 e. The molecule has 4 N–H and O–H groups in total. The SMILES string of the molecule is CCOC(=O)CNC(=O)[C@H](CC(N)=O)NC(c1ccccc1)(c1ccccc1)c1ccccc1. The number of hydrogen-bond donors (Lipinski definition) is 3. The van der Waals surface area contributed by atoms with Crippen LogP contribution < -0.4 is 16.4 Å². The Balaban J connectivity index is 2.11. The van der Waals surface area contributed by atoms with E-state index in [4.69, 9.17) is 10.5 Å². The maximum absolute atomic E-state index is 13.2. The van der Waals surface area contributed by atoms with Gasteiger partial charge in [-0.25, -0.2) is 0 Å². The van der Waals surface area contributed by atoms with Crippen LogP contribution in [0.4, 0.5) is 0 Å². The molecule has 0 spiro atoms. The Morgan fingerprint density at radius 1 is 0.824 bits per heavy atom. The Hall–Kier alpha value is -3.97. The number of nitrogens with two attached hydrogens (primary N) is 1.